The number of hydrogen-bond donors (Lipinski definition) is 3. The molecule has 1 aromatic rings. The molecule has 0 aromatic heterocycles. The maximum absolute atomic E-state index is 13.0. The molecule has 2 unspecified atom stereocenters. The van der Waals surface area contributed by atoms with Crippen molar-refractivity contribution in [3.63, 3.8) is 0 Å². The highest BCUT2D eigenvalue weighted by Crippen LogP contribution is 2.25. The summed E-state index contributed by atoms with van der Waals surface area (Å²) in [5.41, 5.74) is 0.494. The molecule has 0 spiro atoms. The Hall–Kier alpha value is -2.97. The Morgan fingerprint density at radius 3 is 2.56 bits per heavy atom. The molecule has 1 aliphatic heterocycles. The van der Waals surface area contributed by atoms with Crippen molar-refractivity contribution < 1.29 is 28.7 Å². The molecule has 1 aromatic carbocycles. The zero-order valence-corrected chi connectivity index (χ0v) is 13.5. The van der Waals surface area contributed by atoms with E-state index < -0.39 is 42.1 Å². The lowest BCUT2D eigenvalue weighted by atomic mass is 10.1. The lowest BCUT2D eigenvalue weighted by Gasteiger charge is -2.18. The maximum atomic E-state index is 13.0. The molecular weight excluding hydrogens is 333 g/mol. The van der Waals surface area contributed by atoms with Crippen LogP contribution in [0.15, 0.2) is 24.3 Å². The molecule has 0 bridgehead atoms. The van der Waals surface area contributed by atoms with Gasteiger partial charge in [-0.1, -0.05) is 0 Å². The molecule has 0 aliphatic carbocycles. The van der Waals surface area contributed by atoms with Gasteiger partial charge in [0.2, 0.25) is 17.7 Å². The van der Waals surface area contributed by atoms with Crippen molar-refractivity contribution in [2.45, 2.75) is 19.4 Å². The van der Waals surface area contributed by atoms with Gasteiger partial charge in [0.25, 0.3) is 0 Å². The number of halogens is 1. The monoisotopic (exact) mass is 351 g/mol. The van der Waals surface area contributed by atoms with Crippen molar-refractivity contribution in [2.24, 2.45) is 5.92 Å². The van der Waals surface area contributed by atoms with Crippen LogP contribution in [0.2, 0.25) is 0 Å². The minimum Gasteiger partial charge on any atom is -0.480 e. The third kappa shape index (κ3) is 4.75. The smallest absolute Gasteiger partial charge is 0.322 e. The number of nitrogens with one attached hydrogen (secondary N) is 2. The Morgan fingerprint density at radius 1 is 1.32 bits per heavy atom. The number of carbonyl (C=O) groups is 4. The third-order valence-corrected chi connectivity index (χ3v) is 3.80. The van der Waals surface area contributed by atoms with E-state index in [-0.39, 0.29) is 18.9 Å². The summed E-state index contributed by atoms with van der Waals surface area (Å²) in [6.07, 6.45) is -0.0212. The highest BCUT2D eigenvalue weighted by atomic mass is 19.1. The summed E-state index contributed by atoms with van der Waals surface area (Å²) >= 11 is 0. The zero-order chi connectivity index (χ0) is 18.6. The van der Waals surface area contributed by atoms with Crippen molar-refractivity contribution in [1.82, 2.24) is 10.6 Å². The van der Waals surface area contributed by atoms with Crippen LogP contribution < -0.4 is 15.5 Å². The summed E-state index contributed by atoms with van der Waals surface area (Å²) in [5.74, 6) is -3.64. The Labute approximate surface area is 143 Å². The van der Waals surface area contributed by atoms with Gasteiger partial charge in [-0.3, -0.25) is 19.2 Å². The number of aliphatic carboxylic acids is 1. The van der Waals surface area contributed by atoms with E-state index in [1.54, 1.807) is 0 Å². The SMILES string of the molecule is CC(NC(=O)C1CC(=O)N(c2ccc(F)cc2)C1)C(=O)NCC(=O)O. The van der Waals surface area contributed by atoms with Gasteiger partial charge >= 0.3 is 5.97 Å². The minimum absolute atomic E-state index is 0.0212. The van der Waals surface area contributed by atoms with E-state index in [9.17, 15) is 23.6 Å². The summed E-state index contributed by atoms with van der Waals surface area (Å²) in [6, 6.07) is 4.43. The van der Waals surface area contributed by atoms with Crippen molar-refractivity contribution >= 4 is 29.4 Å². The van der Waals surface area contributed by atoms with Crippen molar-refractivity contribution in [2.75, 3.05) is 18.0 Å². The topological polar surface area (TPSA) is 116 Å². The van der Waals surface area contributed by atoms with Gasteiger partial charge in [0, 0.05) is 18.7 Å². The quantitative estimate of drug-likeness (QED) is 0.661. The summed E-state index contributed by atoms with van der Waals surface area (Å²) in [4.78, 5) is 47.8. The second-order valence-corrected chi connectivity index (χ2v) is 5.72. The molecule has 1 fully saturated rings. The number of carboxylic acid groups (broad SMARTS) is 1. The van der Waals surface area contributed by atoms with Crippen molar-refractivity contribution in [1.29, 1.82) is 0 Å². The molecule has 25 heavy (non-hydrogen) atoms. The number of amides is 3. The number of nitrogens with zero attached hydrogens (tertiary/aromatic N) is 1. The molecule has 1 saturated heterocycles. The molecule has 9 heteroatoms. The molecule has 0 radical (unpaired) electrons. The van der Waals surface area contributed by atoms with Gasteiger partial charge in [-0.2, -0.15) is 0 Å². The Bertz CT molecular complexity index is 692. The molecule has 3 amide bonds. The Kier molecular flexibility index (Phi) is 5.68. The van der Waals surface area contributed by atoms with E-state index in [0.717, 1.165) is 0 Å². The molecule has 8 nitrogen and oxygen atoms in total. The molecule has 2 atom stereocenters. The average Bonchev–Trinajstić information content (AvgIpc) is 2.95. The fraction of sp³-hybridized carbons (Fsp3) is 0.375. The molecule has 2 rings (SSSR count). The van der Waals surface area contributed by atoms with E-state index in [4.69, 9.17) is 5.11 Å². The van der Waals surface area contributed by atoms with Crippen molar-refractivity contribution in [3.05, 3.63) is 30.1 Å². The first-order valence-electron chi connectivity index (χ1n) is 7.63. The summed E-state index contributed by atoms with van der Waals surface area (Å²) < 4.78 is 13.0. The second-order valence-electron chi connectivity index (χ2n) is 5.72. The van der Waals surface area contributed by atoms with Gasteiger partial charge in [0.1, 0.15) is 18.4 Å². The van der Waals surface area contributed by atoms with E-state index in [2.05, 4.69) is 10.6 Å². The van der Waals surface area contributed by atoms with Crippen LogP contribution in [-0.4, -0.2) is 47.9 Å². The Balaban J connectivity index is 1.92. The average molecular weight is 351 g/mol. The number of rotatable bonds is 6. The molecule has 1 aliphatic rings. The van der Waals surface area contributed by atoms with Crippen LogP contribution in [-0.2, 0) is 19.2 Å². The number of carbonyl (C=O) groups excluding carboxylic acids is 3. The number of benzene rings is 1. The summed E-state index contributed by atoms with van der Waals surface area (Å²) in [7, 11) is 0. The van der Waals surface area contributed by atoms with E-state index in [0.29, 0.717) is 5.69 Å². The standard InChI is InChI=1S/C16H18FN3O5/c1-9(15(24)18-7-14(22)23)19-16(25)10-6-13(21)20(8-10)12-4-2-11(17)3-5-12/h2-5,9-10H,6-8H2,1H3,(H,18,24)(H,19,25)(H,22,23). The second kappa shape index (κ2) is 7.73. The van der Waals surface area contributed by atoms with Gasteiger partial charge < -0.3 is 20.6 Å². The third-order valence-electron chi connectivity index (χ3n) is 3.80. The largest absolute Gasteiger partial charge is 0.480 e. The van der Waals surface area contributed by atoms with E-state index >= 15 is 0 Å². The predicted molar refractivity (Wildman–Crippen MR) is 85.1 cm³/mol. The van der Waals surface area contributed by atoms with Crippen LogP contribution in [0.25, 0.3) is 0 Å². The van der Waals surface area contributed by atoms with Gasteiger partial charge in [-0.25, -0.2) is 4.39 Å². The number of anilines is 1. The lowest BCUT2D eigenvalue weighted by molar-refractivity contribution is -0.138. The first kappa shape index (κ1) is 18.4. The van der Waals surface area contributed by atoms with Gasteiger partial charge in [0.15, 0.2) is 0 Å². The van der Waals surface area contributed by atoms with Crippen LogP contribution in [0.5, 0.6) is 0 Å². The highest BCUT2D eigenvalue weighted by Gasteiger charge is 2.36. The first-order valence-corrected chi connectivity index (χ1v) is 7.63. The van der Waals surface area contributed by atoms with Crippen LogP contribution in [0, 0.1) is 11.7 Å². The first-order chi connectivity index (χ1) is 11.8. The maximum Gasteiger partial charge on any atom is 0.322 e. The van der Waals surface area contributed by atoms with Crippen LogP contribution >= 0.6 is 0 Å². The van der Waals surface area contributed by atoms with Crippen LogP contribution in [0.3, 0.4) is 0 Å². The molecule has 0 saturated carbocycles. The number of hydrogen-bond acceptors (Lipinski definition) is 4. The zero-order valence-electron chi connectivity index (χ0n) is 13.5. The molecule has 1 heterocycles. The lowest BCUT2D eigenvalue weighted by Crippen LogP contribution is -2.48. The predicted octanol–water partition coefficient (Wildman–Crippen LogP) is -0.116. The minimum atomic E-state index is -1.19. The number of carboxylic acids is 1. The highest BCUT2D eigenvalue weighted by molar-refractivity contribution is 6.01. The summed E-state index contributed by atoms with van der Waals surface area (Å²) in [5, 5.41) is 13.1. The van der Waals surface area contributed by atoms with Gasteiger partial charge in [-0.15, -0.1) is 0 Å². The van der Waals surface area contributed by atoms with Crippen molar-refractivity contribution in [3.8, 4) is 0 Å². The fourth-order valence-electron chi connectivity index (χ4n) is 2.47. The van der Waals surface area contributed by atoms with Gasteiger partial charge in [0.05, 0.1) is 5.92 Å². The van der Waals surface area contributed by atoms with Crippen LogP contribution in [0.1, 0.15) is 13.3 Å². The van der Waals surface area contributed by atoms with Gasteiger partial charge in [-0.05, 0) is 31.2 Å². The molecule has 134 valence electrons. The normalized spacial score (nSPS) is 17.9. The molecule has 3 N–H and O–H groups in total. The molecular formula is C16H18FN3O5. The van der Waals surface area contributed by atoms with E-state index in [1.807, 2.05) is 0 Å². The van der Waals surface area contributed by atoms with Crippen LogP contribution in [0.4, 0.5) is 10.1 Å². The Morgan fingerprint density at radius 2 is 1.96 bits per heavy atom. The fourth-order valence-corrected chi connectivity index (χ4v) is 2.47. The van der Waals surface area contributed by atoms with E-state index in [1.165, 1.54) is 36.1 Å². The summed E-state index contributed by atoms with van der Waals surface area (Å²) in [6.45, 7) is 1.00.